The number of nitrogens with zero attached hydrogens (tertiary/aromatic N) is 2. The van der Waals surface area contributed by atoms with Gasteiger partial charge in [0.1, 0.15) is 0 Å². The van der Waals surface area contributed by atoms with Crippen molar-refractivity contribution in [3.8, 4) is 40.1 Å². The zero-order chi connectivity index (χ0) is 26.7. The Morgan fingerprint density at radius 1 is 0.842 bits per heavy atom. The Balaban J connectivity index is 1.47. The van der Waals surface area contributed by atoms with Crippen LogP contribution in [0.15, 0.2) is 76.1 Å². The highest BCUT2D eigenvalue weighted by Gasteiger charge is 2.27. The van der Waals surface area contributed by atoms with Crippen LogP contribution in [0.5, 0.6) is 28.7 Å². The fourth-order valence-electron chi connectivity index (χ4n) is 4.14. The van der Waals surface area contributed by atoms with Crippen LogP contribution in [-0.4, -0.2) is 46.0 Å². The summed E-state index contributed by atoms with van der Waals surface area (Å²) in [4.78, 5) is 0.175. The molecule has 0 fully saturated rings. The summed E-state index contributed by atoms with van der Waals surface area (Å²) in [5, 5.41) is 4.15. The molecule has 10 nitrogen and oxygen atoms in total. The van der Waals surface area contributed by atoms with Crippen LogP contribution in [0, 0.1) is 0 Å². The summed E-state index contributed by atoms with van der Waals surface area (Å²) < 4.78 is 61.3. The average Bonchev–Trinajstić information content (AvgIpc) is 3.61. The van der Waals surface area contributed by atoms with Gasteiger partial charge in [0.05, 0.1) is 38.5 Å². The number of hydrogen-bond donors (Lipinski definition) is 0. The van der Waals surface area contributed by atoms with E-state index in [0.29, 0.717) is 45.8 Å². The zero-order valence-electron chi connectivity index (χ0n) is 21.0. The molecule has 1 aliphatic rings. The molecule has 1 aromatic heterocycles. The molecule has 3 aromatic carbocycles. The second kappa shape index (κ2) is 10.6. The van der Waals surface area contributed by atoms with E-state index < -0.39 is 10.0 Å². The molecule has 0 aliphatic carbocycles. The van der Waals surface area contributed by atoms with Gasteiger partial charge >= 0.3 is 0 Å². The molecule has 0 amide bonds. The summed E-state index contributed by atoms with van der Waals surface area (Å²) in [5.74, 6) is 2.97. The Morgan fingerprint density at radius 3 is 2.24 bits per heavy atom. The van der Waals surface area contributed by atoms with E-state index in [4.69, 9.17) is 28.2 Å². The van der Waals surface area contributed by atoms with Gasteiger partial charge in [-0.3, -0.25) is 0 Å². The SMILES string of the molecule is COc1cc(-c2cc(CN(Cc3ccc4c(c3)OCO4)S(=O)(=O)c3ccccc3)no2)cc(OC)c1OC. The molecular formula is C27H26N2O8S. The Labute approximate surface area is 220 Å². The van der Waals surface area contributed by atoms with E-state index in [2.05, 4.69) is 5.16 Å². The first kappa shape index (κ1) is 25.4. The van der Waals surface area contributed by atoms with Gasteiger partial charge in [-0.1, -0.05) is 29.4 Å². The van der Waals surface area contributed by atoms with Crippen molar-refractivity contribution in [2.45, 2.75) is 18.0 Å². The molecule has 11 heteroatoms. The van der Waals surface area contributed by atoms with Crippen LogP contribution < -0.4 is 23.7 Å². The smallest absolute Gasteiger partial charge is 0.243 e. The normalized spacial score (nSPS) is 12.5. The highest BCUT2D eigenvalue weighted by Crippen LogP contribution is 2.41. The third-order valence-corrected chi connectivity index (χ3v) is 7.83. The molecule has 4 aromatic rings. The first-order valence-corrected chi connectivity index (χ1v) is 13.1. The number of fused-ring (bicyclic) bond motifs is 1. The number of aromatic nitrogens is 1. The number of benzene rings is 3. The Bertz CT molecular complexity index is 1510. The molecule has 0 unspecified atom stereocenters. The number of hydrogen-bond acceptors (Lipinski definition) is 9. The van der Waals surface area contributed by atoms with Crippen molar-refractivity contribution in [1.29, 1.82) is 0 Å². The maximum atomic E-state index is 13.7. The molecular weight excluding hydrogens is 512 g/mol. The third-order valence-electron chi connectivity index (χ3n) is 6.02. The third kappa shape index (κ3) is 4.98. The highest BCUT2D eigenvalue weighted by atomic mass is 32.2. The minimum atomic E-state index is -3.87. The molecule has 0 bridgehead atoms. The van der Waals surface area contributed by atoms with E-state index >= 15 is 0 Å². The van der Waals surface area contributed by atoms with E-state index in [-0.39, 0.29) is 24.8 Å². The Morgan fingerprint density at radius 2 is 1.55 bits per heavy atom. The van der Waals surface area contributed by atoms with Crippen LogP contribution in [0.4, 0.5) is 0 Å². The van der Waals surface area contributed by atoms with Gasteiger partial charge in [-0.05, 0) is 42.0 Å². The predicted octanol–water partition coefficient (Wildman–Crippen LogP) is 4.49. The van der Waals surface area contributed by atoms with E-state index in [1.807, 2.05) is 6.07 Å². The van der Waals surface area contributed by atoms with Crippen LogP contribution >= 0.6 is 0 Å². The van der Waals surface area contributed by atoms with Crippen LogP contribution in [0.3, 0.4) is 0 Å². The van der Waals surface area contributed by atoms with Crippen molar-refractivity contribution in [2.75, 3.05) is 28.1 Å². The van der Waals surface area contributed by atoms with Crippen LogP contribution in [0.1, 0.15) is 11.3 Å². The van der Waals surface area contributed by atoms with Gasteiger partial charge in [-0.2, -0.15) is 4.31 Å². The minimum absolute atomic E-state index is 0.0282. The first-order valence-electron chi connectivity index (χ1n) is 11.6. The van der Waals surface area contributed by atoms with E-state index in [1.54, 1.807) is 60.7 Å². The summed E-state index contributed by atoms with van der Waals surface area (Å²) in [6.45, 7) is 0.188. The van der Waals surface area contributed by atoms with Gasteiger partial charge in [-0.25, -0.2) is 8.42 Å². The van der Waals surface area contributed by atoms with Crippen LogP contribution in [-0.2, 0) is 23.1 Å². The number of sulfonamides is 1. The number of ether oxygens (including phenoxy) is 5. The Kier molecular flexibility index (Phi) is 7.12. The fraction of sp³-hybridized carbons (Fsp3) is 0.222. The second-order valence-electron chi connectivity index (χ2n) is 8.37. The van der Waals surface area contributed by atoms with Gasteiger partial charge in [0, 0.05) is 18.2 Å². The molecule has 0 radical (unpaired) electrons. The number of rotatable bonds is 10. The molecule has 198 valence electrons. The van der Waals surface area contributed by atoms with Crippen molar-refractivity contribution < 1.29 is 36.6 Å². The van der Waals surface area contributed by atoms with Gasteiger partial charge in [0.25, 0.3) is 0 Å². The number of methoxy groups -OCH3 is 3. The molecule has 5 rings (SSSR count). The van der Waals surface area contributed by atoms with Crippen molar-refractivity contribution in [3.05, 3.63) is 78.0 Å². The standard InChI is InChI=1S/C27H26N2O8S/c1-32-25-12-19(13-26(33-2)27(25)34-3)23-14-20(28-37-23)16-29(38(30,31)21-7-5-4-6-8-21)15-18-9-10-22-24(11-18)36-17-35-22/h4-14H,15-17H2,1-3H3. The van der Waals surface area contributed by atoms with Crippen LogP contribution in [0.25, 0.3) is 11.3 Å². The molecule has 38 heavy (non-hydrogen) atoms. The summed E-state index contributed by atoms with van der Waals surface area (Å²) in [6.07, 6.45) is 0. The molecule has 1 aliphatic heterocycles. The predicted molar refractivity (Wildman–Crippen MR) is 137 cm³/mol. The zero-order valence-corrected chi connectivity index (χ0v) is 21.9. The van der Waals surface area contributed by atoms with E-state index in [9.17, 15) is 8.42 Å². The summed E-state index contributed by atoms with van der Waals surface area (Å²) >= 11 is 0. The topological polar surface area (TPSA) is 110 Å². The maximum Gasteiger partial charge on any atom is 0.243 e. The van der Waals surface area contributed by atoms with Gasteiger partial charge in [-0.15, -0.1) is 0 Å². The molecule has 0 saturated carbocycles. The first-order chi connectivity index (χ1) is 18.4. The summed E-state index contributed by atoms with van der Waals surface area (Å²) in [7, 11) is 0.694. The quantitative estimate of drug-likeness (QED) is 0.288. The molecule has 2 heterocycles. The molecule has 0 saturated heterocycles. The largest absolute Gasteiger partial charge is 0.493 e. The lowest BCUT2D eigenvalue weighted by Crippen LogP contribution is -2.30. The average molecular weight is 539 g/mol. The van der Waals surface area contributed by atoms with Crippen LogP contribution in [0.2, 0.25) is 0 Å². The van der Waals surface area contributed by atoms with E-state index in [1.165, 1.54) is 25.6 Å². The summed E-state index contributed by atoms with van der Waals surface area (Å²) in [6, 6.07) is 18.8. The highest BCUT2D eigenvalue weighted by molar-refractivity contribution is 7.89. The second-order valence-corrected chi connectivity index (χ2v) is 10.3. The summed E-state index contributed by atoms with van der Waals surface area (Å²) in [5.41, 5.74) is 1.79. The van der Waals surface area contributed by atoms with Gasteiger partial charge in [0.2, 0.25) is 22.6 Å². The van der Waals surface area contributed by atoms with Crippen molar-refractivity contribution in [3.63, 3.8) is 0 Å². The van der Waals surface area contributed by atoms with Gasteiger partial charge < -0.3 is 28.2 Å². The van der Waals surface area contributed by atoms with Crippen molar-refractivity contribution >= 4 is 10.0 Å². The molecule has 0 atom stereocenters. The lowest BCUT2D eigenvalue weighted by Gasteiger charge is -2.21. The van der Waals surface area contributed by atoms with Gasteiger partial charge in [0.15, 0.2) is 28.8 Å². The maximum absolute atomic E-state index is 13.7. The monoisotopic (exact) mass is 538 g/mol. The fourth-order valence-corrected chi connectivity index (χ4v) is 5.56. The molecule has 0 N–H and O–H groups in total. The lowest BCUT2D eigenvalue weighted by molar-refractivity contribution is 0.174. The van der Waals surface area contributed by atoms with Crippen molar-refractivity contribution in [1.82, 2.24) is 9.46 Å². The van der Waals surface area contributed by atoms with E-state index in [0.717, 1.165) is 5.56 Å². The molecule has 0 spiro atoms. The Hall–Kier alpha value is -4.22. The van der Waals surface area contributed by atoms with Crippen molar-refractivity contribution in [2.24, 2.45) is 0 Å². The lowest BCUT2D eigenvalue weighted by atomic mass is 10.1. The minimum Gasteiger partial charge on any atom is -0.493 e.